The molecule has 1 saturated heterocycles. The Bertz CT molecular complexity index is 986. The number of dihydropyridines is 1. The number of piperidine rings is 1. The Morgan fingerprint density at radius 3 is 2.11 bits per heavy atom. The molecule has 3 heteroatoms. The van der Waals surface area contributed by atoms with Crippen molar-refractivity contribution in [1.82, 2.24) is 5.32 Å². The Morgan fingerprint density at radius 1 is 0.946 bits per heavy atom. The van der Waals surface area contributed by atoms with Crippen LogP contribution < -0.4 is 10.2 Å². The normalized spacial score (nSPS) is 16.8. The predicted octanol–water partition coefficient (Wildman–Crippen LogP) is 8.71. The number of aryl methyl sites for hydroxylation is 1. The highest BCUT2D eigenvalue weighted by Crippen LogP contribution is 2.26. The number of allylic oxidation sites excluding steroid dienone is 2. The first-order valence-electron chi connectivity index (χ1n) is 14.6. The molecule has 1 unspecified atom stereocenters. The molecule has 1 N–H and O–H groups in total. The number of nitrogens with zero attached hydrogens (tertiary/aromatic N) is 1. The Hall–Kier alpha value is -2.81. The van der Waals surface area contributed by atoms with Gasteiger partial charge in [0.05, 0.1) is 0 Å². The fourth-order valence-corrected chi connectivity index (χ4v) is 4.64. The van der Waals surface area contributed by atoms with Crippen LogP contribution in [0.1, 0.15) is 86.3 Å². The van der Waals surface area contributed by atoms with E-state index < -0.39 is 0 Å². The van der Waals surface area contributed by atoms with E-state index in [-0.39, 0.29) is 13.3 Å². The lowest BCUT2D eigenvalue weighted by molar-refractivity contribution is -0.113. The largest absolute Gasteiger partial charge is 0.384 e. The molecule has 206 valence electrons. The lowest BCUT2D eigenvalue weighted by Crippen LogP contribution is -2.32. The second kappa shape index (κ2) is 17.6. The molecule has 1 atom stereocenters. The van der Waals surface area contributed by atoms with Crippen molar-refractivity contribution in [2.45, 2.75) is 94.0 Å². The van der Waals surface area contributed by atoms with Gasteiger partial charge < -0.3 is 10.2 Å². The number of carbonyl (C=O) groups is 1. The zero-order valence-electron chi connectivity index (χ0n) is 25.0. The quantitative estimate of drug-likeness (QED) is 0.425. The zero-order chi connectivity index (χ0) is 27.8. The molecular formula is C34H54N2O. The number of anilines is 1. The van der Waals surface area contributed by atoms with Crippen molar-refractivity contribution in [2.24, 2.45) is 5.92 Å². The summed E-state index contributed by atoms with van der Waals surface area (Å²) < 4.78 is 0. The summed E-state index contributed by atoms with van der Waals surface area (Å²) in [7, 11) is 0. The van der Waals surface area contributed by atoms with E-state index in [1.165, 1.54) is 35.2 Å². The highest BCUT2D eigenvalue weighted by molar-refractivity contribution is 5.98. The summed E-state index contributed by atoms with van der Waals surface area (Å²) in [6.07, 6.45) is 8.45. The highest BCUT2D eigenvalue weighted by Gasteiger charge is 2.20. The number of nitrogens with one attached hydrogen (secondary N) is 1. The summed E-state index contributed by atoms with van der Waals surface area (Å²) in [5.41, 5.74) is 7.13. The molecule has 0 bridgehead atoms. The standard InChI is InChI=1S/C28H34N2O.3C2H6.H2/c1-20-12-14-30(15-13-20)27-10-8-23(9-11-27)16-26-18-25(28(19-29-26)22(3)31)17-24-7-5-4-6-21(24)2;3*1-2;/h4-11,18-20,26,29H,12-17H2,1-3H3;3*1-2H3;1H. The van der Waals surface area contributed by atoms with Crippen LogP contribution in [0.4, 0.5) is 5.69 Å². The van der Waals surface area contributed by atoms with Crippen molar-refractivity contribution in [3.05, 3.63) is 88.6 Å². The second-order valence-electron chi connectivity index (χ2n) is 9.22. The summed E-state index contributed by atoms with van der Waals surface area (Å²) in [4.78, 5) is 14.7. The van der Waals surface area contributed by atoms with Crippen LogP contribution in [0, 0.1) is 12.8 Å². The Labute approximate surface area is 229 Å². The van der Waals surface area contributed by atoms with Crippen molar-refractivity contribution in [1.29, 1.82) is 0 Å². The maximum Gasteiger partial charge on any atom is 0.161 e. The lowest BCUT2D eigenvalue weighted by atomic mass is 9.89. The number of Topliss-reactive ketones (excluding diaryl/α,β-unsaturated/α-hetero) is 1. The smallest absolute Gasteiger partial charge is 0.161 e. The van der Waals surface area contributed by atoms with Crippen molar-refractivity contribution in [2.75, 3.05) is 18.0 Å². The summed E-state index contributed by atoms with van der Waals surface area (Å²) in [5, 5.41) is 3.44. The van der Waals surface area contributed by atoms with Gasteiger partial charge in [0.2, 0.25) is 0 Å². The third-order valence-corrected chi connectivity index (χ3v) is 6.75. The lowest BCUT2D eigenvalue weighted by Gasteiger charge is -2.32. The van der Waals surface area contributed by atoms with E-state index in [2.05, 4.69) is 78.7 Å². The van der Waals surface area contributed by atoms with Gasteiger partial charge in [-0.3, -0.25) is 4.79 Å². The van der Waals surface area contributed by atoms with Gasteiger partial charge in [0.1, 0.15) is 0 Å². The van der Waals surface area contributed by atoms with E-state index in [1.807, 2.05) is 47.7 Å². The van der Waals surface area contributed by atoms with E-state index in [9.17, 15) is 4.79 Å². The molecule has 2 aliphatic rings. The van der Waals surface area contributed by atoms with Gasteiger partial charge in [-0.25, -0.2) is 0 Å². The van der Waals surface area contributed by atoms with Crippen LogP contribution in [0.15, 0.2) is 72.0 Å². The third-order valence-electron chi connectivity index (χ3n) is 6.75. The number of hydrogen-bond acceptors (Lipinski definition) is 3. The van der Waals surface area contributed by atoms with Crippen molar-refractivity contribution >= 4 is 11.5 Å². The Kier molecular flexibility index (Phi) is 15.3. The molecule has 0 saturated carbocycles. The predicted molar refractivity (Wildman–Crippen MR) is 166 cm³/mol. The van der Waals surface area contributed by atoms with Gasteiger partial charge in [0.15, 0.2) is 5.78 Å². The summed E-state index contributed by atoms with van der Waals surface area (Å²) >= 11 is 0. The topological polar surface area (TPSA) is 32.3 Å². The summed E-state index contributed by atoms with van der Waals surface area (Å²) in [6, 6.07) is 17.7. The Balaban J connectivity index is 0.00000183. The summed E-state index contributed by atoms with van der Waals surface area (Å²) in [6.45, 7) is 20.5. The maximum absolute atomic E-state index is 12.2. The molecule has 0 amide bonds. The van der Waals surface area contributed by atoms with E-state index in [4.69, 9.17) is 0 Å². The van der Waals surface area contributed by atoms with Crippen LogP contribution in [0.3, 0.4) is 0 Å². The number of carbonyl (C=O) groups excluding carboxylic acids is 1. The first-order chi connectivity index (χ1) is 18.0. The van der Waals surface area contributed by atoms with Gasteiger partial charge >= 0.3 is 0 Å². The maximum atomic E-state index is 12.2. The van der Waals surface area contributed by atoms with Crippen LogP contribution in [-0.4, -0.2) is 24.9 Å². The average Bonchev–Trinajstić information content (AvgIpc) is 2.94. The minimum absolute atomic E-state index is 0. The van der Waals surface area contributed by atoms with Crippen LogP contribution in [-0.2, 0) is 17.6 Å². The molecule has 0 aliphatic carbocycles. The monoisotopic (exact) mass is 506 g/mol. The first-order valence-corrected chi connectivity index (χ1v) is 14.6. The molecule has 2 aliphatic heterocycles. The van der Waals surface area contributed by atoms with Crippen molar-refractivity contribution < 1.29 is 6.22 Å². The number of rotatable bonds is 6. The van der Waals surface area contributed by atoms with Crippen molar-refractivity contribution in [3.63, 3.8) is 0 Å². The van der Waals surface area contributed by atoms with Gasteiger partial charge in [0.25, 0.3) is 0 Å². The molecular weight excluding hydrogens is 452 g/mol. The zero-order valence-corrected chi connectivity index (χ0v) is 25.0. The molecule has 2 aromatic carbocycles. The Morgan fingerprint density at radius 2 is 1.54 bits per heavy atom. The van der Waals surface area contributed by atoms with Gasteiger partial charge in [-0.15, -0.1) is 0 Å². The molecule has 2 heterocycles. The first kappa shape index (κ1) is 32.2. The molecule has 4 rings (SSSR count). The molecule has 0 aromatic heterocycles. The minimum atomic E-state index is 0. The van der Waals surface area contributed by atoms with E-state index in [1.54, 1.807) is 6.92 Å². The van der Waals surface area contributed by atoms with E-state index in [0.29, 0.717) is 0 Å². The molecule has 0 radical (unpaired) electrons. The van der Waals surface area contributed by atoms with Crippen molar-refractivity contribution in [3.8, 4) is 0 Å². The van der Waals surface area contributed by atoms with Crippen LogP contribution in [0.5, 0.6) is 0 Å². The van der Waals surface area contributed by atoms with Gasteiger partial charge in [-0.1, -0.05) is 90.9 Å². The van der Waals surface area contributed by atoms with Gasteiger partial charge in [0, 0.05) is 38.0 Å². The molecule has 37 heavy (non-hydrogen) atoms. The minimum Gasteiger partial charge on any atom is -0.384 e. The molecule has 1 fully saturated rings. The second-order valence-corrected chi connectivity index (χ2v) is 9.22. The van der Waals surface area contributed by atoms with Crippen LogP contribution in [0.2, 0.25) is 0 Å². The molecule has 2 aromatic rings. The average molecular weight is 507 g/mol. The summed E-state index contributed by atoms with van der Waals surface area (Å²) in [5.74, 6) is 0.965. The SMILES string of the molecule is CC.CC.CC.CC(=O)C1=CNC(Cc2ccc(N3CCC(C)CC3)cc2)C=C1Cc1ccccc1C.[HH]. The molecule has 3 nitrogen and oxygen atoms in total. The van der Waals surface area contributed by atoms with E-state index in [0.717, 1.165) is 43.0 Å². The fraction of sp³-hybridized carbons (Fsp3) is 0.500. The number of benzene rings is 2. The highest BCUT2D eigenvalue weighted by atomic mass is 16.1. The third kappa shape index (κ3) is 9.87. The molecule has 0 spiro atoms. The fourth-order valence-electron chi connectivity index (χ4n) is 4.64. The van der Waals surface area contributed by atoms with E-state index >= 15 is 0 Å². The van der Waals surface area contributed by atoms with Crippen LogP contribution >= 0.6 is 0 Å². The van der Waals surface area contributed by atoms with Gasteiger partial charge in [-0.05, 0) is 79.8 Å². The van der Waals surface area contributed by atoms with Gasteiger partial charge in [-0.2, -0.15) is 0 Å². The number of ketones is 1. The van der Waals surface area contributed by atoms with Crippen LogP contribution in [0.25, 0.3) is 0 Å². The number of hydrogen-bond donors (Lipinski definition) is 1.